The van der Waals surface area contributed by atoms with Crippen molar-refractivity contribution < 1.29 is 19.0 Å². The van der Waals surface area contributed by atoms with Gasteiger partial charge in [0.15, 0.2) is 0 Å². The number of nitrogen functional groups attached to an aromatic ring is 1. The van der Waals surface area contributed by atoms with Crippen LogP contribution in [0.5, 0.6) is 11.5 Å². The van der Waals surface area contributed by atoms with Crippen molar-refractivity contribution >= 4 is 34.5 Å². The van der Waals surface area contributed by atoms with Crippen LogP contribution in [-0.4, -0.2) is 65.5 Å². The number of nitrogens with two attached hydrogens (primary N) is 1. The van der Waals surface area contributed by atoms with Gasteiger partial charge in [-0.3, -0.25) is 0 Å². The van der Waals surface area contributed by atoms with E-state index in [9.17, 15) is 4.79 Å². The van der Waals surface area contributed by atoms with Gasteiger partial charge >= 0.3 is 5.97 Å². The molecule has 2 aromatic carbocycles. The number of pyridine rings is 1. The molecule has 9 nitrogen and oxygen atoms in total. The van der Waals surface area contributed by atoms with Crippen LogP contribution in [0.1, 0.15) is 10.4 Å². The minimum atomic E-state index is -0.458. The highest BCUT2D eigenvalue weighted by atomic mass is 16.5. The van der Waals surface area contributed by atoms with Gasteiger partial charge in [0.05, 0.1) is 44.0 Å². The third kappa shape index (κ3) is 5.03. The smallest absolute Gasteiger partial charge is 0.340 e. The van der Waals surface area contributed by atoms with Crippen molar-refractivity contribution in [2.24, 2.45) is 0 Å². The third-order valence-corrected chi connectivity index (χ3v) is 6.23. The number of esters is 1. The molecule has 3 aromatic rings. The fraction of sp³-hybridized carbons (Fsp3) is 0.308. The lowest BCUT2D eigenvalue weighted by Gasteiger charge is -2.37. The van der Waals surface area contributed by atoms with Gasteiger partial charge in [-0.05, 0) is 24.3 Å². The summed E-state index contributed by atoms with van der Waals surface area (Å²) in [4.78, 5) is 23.5. The molecular formula is C26H31N5O4. The van der Waals surface area contributed by atoms with E-state index in [4.69, 9.17) is 19.9 Å². The Morgan fingerprint density at radius 1 is 0.943 bits per heavy atom. The number of anilines is 5. The molecule has 2 N–H and O–H groups in total. The summed E-state index contributed by atoms with van der Waals surface area (Å²) < 4.78 is 15.9. The molecule has 1 aliphatic rings. The molecule has 184 valence electrons. The van der Waals surface area contributed by atoms with Crippen molar-refractivity contribution in [3.8, 4) is 11.5 Å². The number of carbonyl (C=O) groups is 1. The first-order valence-electron chi connectivity index (χ1n) is 11.3. The zero-order valence-electron chi connectivity index (χ0n) is 20.5. The average molecular weight is 478 g/mol. The normalized spacial score (nSPS) is 13.4. The molecule has 0 saturated carbocycles. The molecule has 0 bridgehead atoms. The average Bonchev–Trinajstić information content (AvgIpc) is 2.92. The van der Waals surface area contributed by atoms with Crippen LogP contribution in [0, 0.1) is 0 Å². The van der Waals surface area contributed by atoms with Crippen molar-refractivity contribution in [1.29, 1.82) is 0 Å². The largest absolute Gasteiger partial charge is 0.497 e. The summed E-state index contributed by atoms with van der Waals surface area (Å²) >= 11 is 0. The van der Waals surface area contributed by atoms with Crippen molar-refractivity contribution in [1.82, 2.24) is 4.98 Å². The molecule has 4 rings (SSSR count). The predicted molar refractivity (Wildman–Crippen MR) is 138 cm³/mol. The fourth-order valence-electron chi connectivity index (χ4n) is 4.26. The Morgan fingerprint density at radius 3 is 2.17 bits per heavy atom. The van der Waals surface area contributed by atoms with Crippen LogP contribution in [0.25, 0.3) is 0 Å². The van der Waals surface area contributed by atoms with Crippen molar-refractivity contribution in [3.05, 3.63) is 60.3 Å². The van der Waals surface area contributed by atoms with Crippen LogP contribution in [0.3, 0.4) is 0 Å². The Labute approximate surface area is 205 Å². The number of aromatic nitrogens is 1. The molecule has 1 fully saturated rings. The molecule has 0 amide bonds. The summed E-state index contributed by atoms with van der Waals surface area (Å²) in [6.45, 7) is 3.17. The number of piperazine rings is 1. The first-order valence-corrected chi connectivity index (χ1v) is 11.3. The minimum absolute atomic E-state index is 0.380. The topological polar surface area (TPSA) is 93.4 Å². The molecule has 0 radical (unpaired) electrons. The van der Waals surface area contributed by atoms with Gasteiger partial charge in [-0.25, -0.2) is 9.78 Å². The van der Waals surface area contributed by atoms with Gasteiger partial charge in [0.2, 0.25) is 0 Å². The number of benzene rings is 2. The Bertz CT molecular complexity index is 1160. The fourth-order valence-corrected chi connectivity index (χ4v) is 4.26. The second kappa shape index (κ2) is 10.4. The van der Waals surface area contributed by atoms with Crippen LogP contribution >= 0.6 is 0 Å². The first-order chi connectivity index (χ1) is 16.9. The summed E-state index contributed by atoms with van der Waals surface area (Å²) in [6, 6.07) is 15.1. The summed E-state index contributed by atoms with van der Waals surface area (Å²) in [5.41, 5.74) is 9.69. The summed E-state index contributed by atoms with van der Waals surface area (Å²) in [5.74, 6) is 1.80. The first kappa shape index (κ1) is 24.0. The molecule has 0 atom stereocenters. The standard InChI is InChI=1S/C26H31N5O4/c1-29(18-13-19(33-2)15-20(14-18)34-3)23-17-24(22(27)16-21(23)26(32)35-4)30-9-11-31(12-10-30)25-7-5-6-8-28-25/h5-8,13-17H,9-12,27H2,1-4H3. The summed E-state index contributed by atoms with van der Waals surface area (Å²) in [5, 5.41) is 0. The van der Waals surface area contributed by atoms with Gasteiger partial charge in [0.25, 0.3) is 0 Å². The van der Waals surface area contributed by atoms with Gasteiger partial charge in [-0.15, -0.1) is 0 Å². The lowest BCUT2D eigenvalue weighted by Crippen LogP contribution is -2.47. The quantitative estimate of drug-likeness (QED) is 0.405. The Morgan fingerprint density at radius 2 is 1.60 bits per heavy atom. The summed E-state index contributed by atoms with van der Waals surface area (Å²) in [6.07, 6.45) is 1.81. The van der Waals surface area contributed by atoms with Gasteiger partial charge in [0.1, 0.15) is 17.3 Å². The highest BCUT2D eigenvalue weighted by Gasteiger charge is 2.24. The van der Waals surface area contributed by atoms with E-state index in [0.29, 0.717) is 28.4 Å². The lowest BCUT2D eigenvalue weighted by molar-refractivity contribution is 0.0601. The second-order valence-electron chi connectivity index (χ2n) is 8.21. The predicted octanol–water partition coefficient (Wildman–Crippen LogP) is 3.56. The van der Waals surface area contributed by atoms with Crippen LogP contribution in [0.2, 0.25) is 0 Å². The number of rotatable bonds is 7. The summed E-state index contributed by atoms with van der Waals surface area (Å²) in [7, 11) is 6.45. The minimum Gasteiger partial charge on any atom is -0.497 e. The Kier molecular flexibility index (Phi) is 7.14. The molecule has 2 heterocycles. The van der Waals surface area contributed by atoms with E-state index in [0.717, 1.165) is 43.4 Å². The van der Waals surface area contributed by atoms with E-state index in [1.165, 1.54) is 7.11 Å². The van der Waals surface area contributed by atoms with Crippen molar-refractivity contribution in [2.45, 2.75) is 0 Å². The van der Waals surface area contributed by atoms with E-state index < -0.39 is 5.97 Å². The number of carbonyl (C=O) groups excluding carboxylic acids is 1. The van der Waals surface area contributed by atoms with Crippen molar-refractivity contribution in [3.63, 3.8) is 0 Å². The van der Waals surface area contributed by atoms with Crippen LogP contribution in [0.15, 0.2) is 54.7 Å². The molecule has 9 heteroatoms. The SMILES string of the molecule is COC(=O)c1cc(N)c(N2CCN(c3ccccn3)CC2)cc1N(C)c1cc(OC)cc(OC)c1. The second-order valence-corrected chi connectivity index (χ2v) is 8.21. The van der Waals surface area contributed by atoms with Crippen LogP contribution < -0.4 is 29.9 Å². The highest BCUT2D eigenvalue weighted by Crippen LogP contribution is 2.38. The maximum atomic E-state index is 12.7. The van der Waals surface area contributed by atoms with E-state index >= 15 is 0 Å². The van der Waals surface area contributed by atoms with Gasteiger partial charge in [-0.1, -0.05) is 6.07 Å². The molecule has 35 heavy (non-hydrogen) atoms. The van der Waals surface area contributed by atoms with Crippen molar-refractivity contribution in [2.75, 3.05) is 75.0 Å². The molecule has 0 aliphatic carbocycles. The molecular weight excluding hydrogens is 446 g/mol. The third-order valence-electron chi connectivity index (χ3n) is 6.23. The molecule has 0 spiro atoms. The number of hydrogen-bond donors (Lipinski definition) is 1. The van der Waals surface area contributed by atoms with E-state index in [-0.39, 0.29) is 0 Å². The highest BCUT2D eigenvalue weighted by molar-refractivity contribution is 6.00. The Hall–Kier alpha value is -4.14. The molecule has 0 unspecified atom stereocenters. The van der Waals surface area contributed by atoms with E-state index in [1.807, 2.05) is 48.3 Å². The maximum absolute atomic E-state index is 12.7. The Balaban J connectivity index is 1.68. The van der Waals surface area contributed by atoms with E-state index in [2.05, 4.69) is 14.8 Å². The molecule has 1 aliphatic heterocycles. The van der Waals surface area contributed by atoms with Gasteiger partial charge < -0.3 is 34.6 Å². The zero-order valence-corrected chi connectivity index (χ0v) is 20.5. The number of nitrogens with zero attached hydrogens (tertiary/aromatic N) is 4. The number of methoxy groups -OCH3 is 3. The number of hydrogen-bond acceptors (Lipinski definition) is 9. The monoisotopic (exact) mass is 477 g/mol. The molecule has 1 saturated heterocycles. The van der Waals surface area contributed by atoms with Crippen LogP contribution in [0.4, 0.5) is 28.6 Å². The number of ether oxygens (including phenoxy) is 3. The van der Waals surface area contributed by atoms with Gasteiger partial charge in [-0.2, -0.15) is 0 Å². The lowest BCUT2D eigenvalue weighted by atomic mass is 10.1. The van der Waals surface area contributed by atoms with Crippen LogP contribution in [-0.2, 0) is 4.74 Å². The van der Waals surface area contributed by atoms with E-state index in [1.54, 1.807) is 32.5 Å². The maximum Gasteiger partial charge on any atom is 0.340 e. The zero-order chi connectivity index (χ0) is 24.9. The molecule has 1 aromatic heterocycles. The van der Waals surface area contributed by atoms with Gasteiger partial charge in [0, 0.05) is 63.3 Å².